The maximum Gasteiger partial charge on any atom is 0.355 e. The van der Waals surface area contributed by atoms with E-state index in [2.05, 4.69) is 4.98 Å². The third-order valence-electron chi connectivity index (χ3n) is 1.56. The van der Waals surface area contributed by atoms with Crippen molar-refractivity contribution in [3.63, 3.8) is 0 Å². The van der Waals surface area contributed by atoms with E-state index in [1.54, 1.807) is 0 Å². The normalized spacial score (nSPS) is 17.8. The zero-order valence-corrected chi connectivity index (χ0v) is 7.41. The minimum absolute atomic E-state index is 0.0408. The van der Waals surface area contributed by atoms with Gasteiger partial charge in [-0.05, 0) is 0 Å². The summed E-state index contributed by atoms with van der Waals surface area (Å²) in [7, 11) is 0. The van der Waals surface area contributed by atoms with Crippen LogP contribution in [0, 0.1) is 0 Å². The van der Waals surface area contributed by atoms with Gasteiger partial charge in [0.1, 0.15) is 5.01 Å². The summed E-state index contributed by atoms with van der Waals surface area (Å²) in [4.78, 5) is 14.4. The molecule has 70 valence electrons. The van der Waals surface area contributed by atoms with Gasteiger partial charge in [0.2, 0.25) is 6.29 Å². The van der Waals surface area contributed by atoms with Crippen LogP contribution in [0.15, 0.2) is 5.38 Å². The highest BCUT2D eigenvalue weighted by Gasteiger charge is 2.22. The van der Waals surface area contributed by atoms with Crippen molar-refractivity contribution < 1.29 is 19.4 Å². The fourth-order valence-electron chi connectivity index (χ4n) is 0.995. The number of carboxylic acids is 1. The minimum atomic E-state index is -1.03. The molecule has 2 rings (SSSR count). The summed E-state index contributed by atoms with van der Waals surface area (Å²) in [6.07, 6.45) is -0.474. The summed E-state index contributed by atoms with van der Waals surface area (Å²) in [6, 6.07) is 0. The van der Waals surface area contributed by atoms with Crippen LogP contribution < -0.4 is 0 Å². The van der Waals surface area contributed by atoms with Gasteiger partial charge in [-0.2, -0.15) is 0 Å². The first-order chi connectivity index (χ1) is 6.27. The molecule has 0 unspecified atom stereocenters. The van der Waals surface area contributed by atoms with Crippen molar-refractivity contribution in [2.75, 3.05) is 13.2 Å². The van der Waals surface area contributed by atoms with Gasteiger partial charge in [0.25, 0.3) is 0 Å². The average molecular weight is 201 g/mol. The molecule has 0 radical (unpaired) electrons. The number of carbonyl (C=O) groups is 1. The summed E-state index contributed by atoms with van der Waals surface area (Å²) in [5.74, 6) is -1.03. The van der Waals surface area contributed by atoms with E-state index in [0.717, 1.165) is 0 Å². The Morgan fingerprint density at radius 3 is 2.85 bits per heavy atom. The first-order valence-corrected chi connectivity index (χ1v) is 4.57. The van der Waals surface area contributed by atoms with Gasteiger partial charge in [-0.15, -0.1) is 11.3 Å². The van der Waals surface area contributed by atoms with E-state index >= 15 is 0 Å². The highest BCUT2D eigenvalue weighted by molar-refractivity contribution is 7.09. The summed E-state index contributed by atoms with van der Waals surface area (Å²) >= 11 is 1.23. The summed E-state index contributed by atoms with van der Waals surface area (Å²) in [6.45, 7) is 1.07. The van der Waals surface area contributed by atoms with Crippen LogP contribution in [0.1, 0.15) is 21.8 Å². The van der Waals surface area contributed by atoms with Gasteiger partial charge >= 0.3 is 5.97 Å². The number of ether oxygens (including phenoxy) is 2. The standard InChI is InChI=1S/C7H7NO4S/c9-6(10)4-3-13-5(8-4)7-11-1-2-12-7/h3,7H,1-2H2,(H,9,10). The molecule has 1 fully saturated rings. The van der Waals surface area contributed by atoms with Crippen LogP contribution in [0.25, 0.3) is 0 Å². The van der Waals surface area contributed by atoms with E-state index in [1.165, 1.54) is 16.7 Å². The Morgan fingerprint density at radius 2 is 2.31 bits per heavy atom. The molecule has 5 nitrogen and oxygen atoms in total. The second kappa shape index (κ2) is 3.41. The van der Waals surface area contributed by atoms with Crippen LogP contribution in [-0.2, 0) is 9.47 Å². The average Bonchev–Trinajstić information content (AvgIpc) is 2.75. The summed E-state index contributed by atoms with van der Waals surface area (Å²) in [5.41, 5.74) is 0.0408. The molecule has 0 atom stereocenters. The van der Waals surface area contributed by atoms with Crippen molar-refractivity contribution in [1.82, 2.24) is 4.98 Å². The van der Waals surface area contributed by atoms with Gasteiger partial charge in [-0.25, -0.2) is 9.78 Å². The number of aromatic carboxylic acids is 1. The second-order valence-electron chi connectivity index (χ2n) is 2.45. The molecule has 0 amide bonds. The molecule has 0 aromatic carbocycles. The summed E-state index contributed by atoms with van der Waals surface area (Å²) < 4.78 is 10.3. The lowest BCUT2D eigenvalue weighted by Crippen LogP contribution is -2.00. The third-order valence-corrected chi connectivity index (χ3v) is 2.43. The molecule has 2 heterocycles. The number of hydrogen-bond donors (Lipinski definition) is 1. The van der Waals surface area contributed by atoms with Crippen molar-refractivity contribution in [1.29, 1.82) is 0 Å². The van der Waals surface area contributed by atoms with E-state index in [0.29, 0.717) is 18.2 Å². The Kier molecular flexibility index (Phi) is 2.26. The number of nitrogens with zero attached hydrogens (tertiary/aromatic N) is 1. The first kappa shape index (κ1) is 8.61. The SMILES string of the molecule is O=C(O)c1csc(C2OCCO2)n1. The molecule has 1 aliphatic heterocycles. The van der Waals surface area contributed by atoms with Crippen LogP contribution in [0.5, 0.6) is 0 Å². The number of hydrogen-bond acceptors (Lipinski definition) is 5. The van der Waals surface area contributed by atoms with Gasteiger partial charge in [-0.3, -0.25) is 0 Å². The van der Waals surface area contributed by atoms with Crippen molar-refractivity contribution in [3.05, 3.63) is 16.1 Å². The Labute approximate surface area is 77.9 Å². The van der Waals surface area contributed by atoms with E-state index < -0.39 is 12.3 Å². The molecule has 1 N–H and O–H groups in total. The van der Waals surface area contributed by atoms with Gasteiger partial charge in [-0.1, -0.05) is 0 Å². The monoisotopic (exact) mass is 201 g/mol. The molecule has 0 bridgehead atoms. The molecule has 1 aromatic heterocycles. The molecular formula is C7H7NO4S. The van der Waals surface area contributed by atoms with Gasteiger partial charge in [0.05, 0.1) is 13.2 Å². The Morgan fingerprint density at radius 1 is 1.62 bits per heavy atom. The van der Waals surface area contributed by atoms with E-state index in [9.17, 15) is 4.79 Å². The Balaban J connectivity index is 2.16. The molecule has 1 aromatic rings. The second-order valence-corrected chi connectivity index (χ2v) is 3.34. The number of carboxylic acid groups (broad SMARTS) is 1. The molecule has 13 heavy (non-hydrogen) atoms. The lowest BCUT2D eigenvalue weighted by Gasteiger charge is -2.02. The Bertz CT molecular complexity index is 318. The highest BCUT2D eigenvalue weighted by Crippen LogP contribution is 2.25. The smallest absolute Gasteiger partial charge is 0.355 e. The van der Waals surface area contributed by atoms with Crippen molar-refractivity contribution in [3.8, 4) is 0 Å². The minimum Gasteiger partial charge on any atom is -0.476 e. The fraction of sp³-hybridized carbons (Fsp3) is 0.429. The Hall–Kier alpha value is -0.980. The highest BCUT2D eigenvalue weighted by atomic mass is 32.1. The van der Waals surface area contributed by atoms with Crippen LogP contribution in [-0.4, -0.2) is 29.3 Å². The third kappa shape index (κ3) is 1.69. The first-order valence-electron chi connectivity index (χ1n) is 3.69. The number of aromatic nitrogens is 1. The summed E-state index contributed by atoms with van der Waals surface area (Å²) in [5, 5.41) is 10.6. The quantitative estimate of drug-likeness (QED) is 0.769. The van der Waals surface area contributed by atoms with Gasteiger partial charge in [0, 0.05) is 5.38 Å². The van der Waals surface area contributed by atoms with Crippen LogP contribution in [0.2, 0.25) is 0 Å². The molecule has 0 saturated carbocycles. The molecule has 1 aliphatic rings. The molecule has 0 aliphatic carbocycles. The number of rotatable bonds is 2. The largest absolute Gasteiger partial charge is 0.476 e. The van der Waals surface area contributed by atoms with Crippen molar-refractivity contribution in [2.24, 2.45) is 0 Å². The van der Waals surface area contributed by atoms with Crippen LogP contribution in [0.3, 0.4) is 0 Å². The maximum atomic E-state index is 10.5. The maximum absolute atomic E-state index is 10.5. The van der Waals surface area contributed by atoms with Gasteiger partial charge in [0.15, 0.2) is 5.69 Å². The number of thiazole rings is 1. The van der Waals surface area contributed by atoms with E-state index in [1.807, 2.05) is 0 Å². The fourth-order valence-corrected chi connectivity index (χ4v) is 1.78. The van der Waals surface area contributed by atoms with E-state index in [4.69, 9.17) is 14.6 Å². The lowest BCUT2D eigenvalue weighted by molar-refractivity contribution is -0.0442. The topological polar surface area (TPSA) is 68.7 Å². The van der Waals surface area contributed by atoms with Gasteiger partial charge < -0.3 is 14.6 Å². The molecule has 1 saturated heterocycles. The zero-order chi connectivity index (χ0) is 9.26. The van der Waals surface area contributed by atoms with E-state index in [-0.39, 0.29) is 5.69 Å². The van der Waals surface area contributed by atoms with Crippen LogP contribution >= 0.6 is 11.3 Å². The predicted molar refractivity (Wildman–Crippen MR) is 43.7 cm³/mol. The molecular weight excluding hydrogens is 194 g/mol. The lowest BCUT2D eigenvalue weighted by atomic mass is 10.5. The van der Waals surface area contributed by atoms with Crippen molar-refractivity contribution in [2.45, 2.75) is 6.29 Å². The molecule has 6 heteroatoms. The van der Waals surface area contributed by atoms with Crippen LogP contribution in [0.4, 0.5) is 0 Å². The van der Waals surface area contributed by atoms with Crippen molar-refractivity contribution >= 4 is 17.3 Å². The molecule has 0 spiro atoms. The zero-order valence-electron chi connectivity index (χ0n) is 6.60. The predicted octanol–water partition coefficient (Wildman–Crippen LogP) is 0.887.